The quantitative estimate of drug-likeness (QED) is 0.848. The van der Waals surface area contributed by atoms with Crippen molar-refractivity contribution in [3.63, 3.8) is 0 Å². The van der Waals surface area contributed by atoms with Gasteiger partial charge in [-0.1, -0.05) is 12.1 Å². The molecule has 1 heterocycles. The lowest BCUT2D eigenvalue weighted by Gasteiger charge is -2.04. The van der Waals surface area contributed by atoms with Crippen LogP contribution in [-0.4, -0.2) is 26.8 Å². The van der Waals surface area contributed by atoms with Crippen molar-refractivity contribution in [2.45, 2.75) is 20.0 Å². The number of halogens is 1. The van der Waals surface area contributed by atoms with Gasteiger partial charge in [-0.15, -0.1) is 5.10 Å². The summed E-state index contributed by atoms with van der Waals surface area (Å²) in [6, 6.07) is 5.85. The van der Waals surface area contributed by atoms with Crippen LogP contribution in [0.1, 0.15) is 12.5 Å². The summed E-state index contributed by atoms with van der Waals surface area (Å²) in [6.45, 7) is 1.58. The van der Waals surface area contributed by atoms with Crippen LogP contribution in [0.4, 0.5) is 10.2 Å². The maximum atomic E-state index is 12.7. The summed E-state index contributed by atoms with van der Waals surface area (Å²) < 4.78 is 12.7. The summed E-state index contributed by atoms with van der Waals surface area (Å²) in [5.41, 5.74) is 0.789. The molecule has 110 valence electrons. The molecule has 7 nitrogen and oxygen atoms in total. The molecule has 0 fully saturated rings. The molecule has 1 aromatic heterocycles. The molecular formula is C13H14FN5O2. The number of amides is 2. The van der Waals surface area contributed by atoms with Crippen molar-refractivity contribution in [2.75, 3.05) is 5.32 Å². The number of carbonyl (C=O) groups excluding carboxylic acids is 2. The zero-order chi connectivity index (χ0) is 15.2. The zero-order valence-electron chi connectivity index (χ0n) is 11.3. The molecule has 1 aromatic carbocycles. The van der Waals surface area contributed by atoms with Crippen molar-refractivity contribution in [3.05, 3.63) is 41.8 Å². The number of hydrogen-bond acceptors (Lipinski definition) is 4. The van der Waals surface area contributed by atoms with E-state index in [-0.39, 0.29) is 30.0 Å². The monoisotopic (exact) mass is 291 g/mol. The SMILES string of the molecule is CC(=O)Nc1cnn(CC(=O)NCc2ccc(F)cc2)n1. The summed E-state index contributed by atoms with van der Waals surface area (Å²) in [6.07, 6.45) is 1.36. The lowest BCUT2D eigenvalue weighted by Crippen LogP contribution is -2.28. The summed E-state index contributed by atoms with van der Waals surface area (Å²) in [4.78, 5) is 23.7. The lowest BCUT2D eigenvalue weighted by atomic mass is 10.2. The number of rotatable bonds is 5. The van der Waals surface area contributed by atoms with Crippen LogP contribution in [0.2, 0.25) is 0 Å². The molecule has 0 bridgehead atoms. The third-order valence-electron chi connectivity index (χ3n) is 2.53. The van der Waals surface area contributed by atoms with Crippen LogP contribution >= 0.6 is 0 Å². The zero-order valence-corrected chi connectivity index (χ0v) is 11.3. The Balaban J connectivity index is 1.82. The molecule has 21 heavy (non-hydrogen) atoms. The summed E-state index contributed by atoms with van der Waals surface area (Å²) in [5, 5.41) is 12.9. The second-order valence-corrected chi connectivity index (χ2v) is 4.34. The largest absolute Gasteiger partial charge is 0.350 e. The third-order valence-corrected chi connectivity index (χ3v) is 2.53. The highest BCUT2D eigenvalue weighted by Crippen LogP contribution is 2.02. The minimum Gasteiger partial charge on any atom is -0.350 e. The van der Waals surface area contributed by atoms with E-state index in [1.54, 1.807) is 12.1 Å². The standard InChI is InChI=1S/C13H14FN5O2/c1-9(20)17-12-7-16-19(18-12)8-13(21)15-6-10-2-4-11(14)5-3-10/h2-5,7H,6,8H2,1H3,(H,15,21)(H,17,18,20). The predicted octanol–water partition coefficient (Wildman–Crippen LogP) is 0.692. The fourth-order valence-corrected chi connectivity index (χ4v) is 1.60. The Bertz CT molecular complexity index is 638. The number of nitrogens with one attached hydrogen (secondary N) is 2. The van der Waals surface area contributed by atoms with E-state index >= 15 is 0 Å². The van der Waals surface area contributed by atoms with Crippen molar-refractivity contribution < 1.29 is 14.0 Å². The van der Waals surface area contributed by atoms with Gasteiger partial charge >= 0.3 is 0 Å². The molecule has 2 aromatic rings. The van der Waals surface area contributed by atoms with Gasteiger partial charge in [0.2, 0.25) is 11.8 Å². The van der Waals surface area contributed by atoms with E-state index in [4.69, 9.17) is 0 Å². The first-order valence-electron chi connectivity index (χ1n) is 6.22. The normalized spacial score (nSPS) is 10.2. The molecule has 0 radical (unpaired) electrons. The Morgan fingerprint density at radius 2 is 2.00 bits per heavy atom. The molecule has 0 unspecified atom stereocenters. The molecule has 8 heteroatoms. The maximum Gasteiger partial charge on any atom is 0.243 e. The molecule has 0 atom stereocenters. The van der Waals surface area contributed by atoms with Gasteiger partial charge in [0, 0.05) is 13.5 Å². The second kappa shape index (κ2) is 6.60. The summed E-state index contributed by atoms with van der Waals surface area (Å²) in [5.74, 6) is -0.586. The Morgan fingerprint density at radius 1 is 1.29 bits per heavy atom. The topological polar surface area (TPSA) is 88.9 Å². The van der Waals surface area contributed by atoms with E-state index in [9.17, 15) is 14.0 Å². The molecule has 0 saturated heterocycles. The van der Waals surface area contributed by atoms with Gasteiger partial charge in [-0.3, -0.25) is 9.59 Å². The molecule has 0 aliphatic carbocycles. The van der Waals surface area contributed by atoms with Crippen LogP contribution in [0, 0.1) is 5.82 Å². The van der Waals surface area contributed by atoms with Gasteiger partial charge in [0.25, 0.3) is 0 Å². The highest BCUT2D eigenvalue weighted by Gasteiger charge is 2.07. The number of hydrogen-bond donors (Lipinski definition) is 2. The molecule has 2 amide bonds. The Kier molecular flexibility index (Phi) is 4.60. The first kappa shape index (κ1) is 14.6. The van der Waals surface area contributed by atoms with Crippen molar-refractivity contribution in [3.8, 4) is 0 Å². The fraction of sp³-hybridized carbons (Fsp3) is 0.231. The minimum atomic E-state index is -0.323. The Morgan fingerprint density at radius 3 is 2.67 bits per heavy atom. The van der Waals surface area contributed by atoms with Crippen LogP contribution in [0.25, 0.3) is 0 Å². The number of benzene rings is 1. The molecule has 0 aliphatic heterocycles. The van der Waals surface area contributed by atoms with Crippen molar-refractivity contribution in [1.29, 1.82) is 0 Å². The van der Waals surface area contributed by atoms with Crippen LogP contribution in [0.3, 0.4) is 0 Å². The highest BCUT2D eigenvalue weighted by molar-refractivity contribution is 5.87. The van der Waals surface area contributed by atoms with Gasteiger partial charge < -0.3 is 10.6 Å². The van der Waals surface area contributed by atoms with E-state index in [1.165, 1.54) is 30.0 Å². The lowest BCUT2D eigenvalue weighted by molar-refractivity contribution is -0.122. The van der Waals surface area contributed by atoms with Crippen molar-refractivity contribution in [2.24, 2.45) is 0 Å². The third kappa shape index (κ3) is 4.68. The van der Waals surface area contributed by atoms with Crippen LogP contribution in [-0.2, 0) is 22.7 Å². The first-order chi connectivity index (χ1) is 10.0. The summed E-state index contributed by atoms with van der Waals surface area (Å²) in [7, 11) is 0. The maximum absolute atomic E-state index is 12.7. The highest BCUT2D eigenvalue weighted by atomic mass is 19.1. The first-order valence-corrected chi connectivity index (χ1v) is 6.22. The van der Waals surface area contributed by atoms with Gasteiger partial charge in [-0.05, 0) is 17.7 Å². The minimum absolute atomic E-state index is 0.0687. The average molecular weight is 291 g/mol. The van der Waals surface area contributed by atoms with Gasteiger partial charge in [-0.2, -0.15) is 9.90 Å². The number of nitrogens with zero attached hydrogens (tertiary/aromatic N) is 3. The molecular weight excluding hydrogens is 277 g/mol. The Labute approximate surface area is 120 Å². The molecule has 0 aliphatic rings. The molecule has 0 spiro atoms. The number of aromatic nitrogens is 3. The van der Waals surface area contributed by atoms with Crippen molar-refractivity contribution in [1.82, 2.24) is 20.3 Å². The van der Waals surface area contributed by atoms with E-state index in [0.29, 0.717) is 6.54 Å². The smallest absolute Gasteiger partial charge is 0.243 e. The van der Waals surface area contributed by atoms with E-state index < -0.39 is 0 Å². The second-order valence-electron chi connectivity index (χ2n) is 4.34. The van der Waals surface area contributed by atoms with Gasteiger partial charge in [0.05, 0.1) is 6.20 Å². The van der Waals surface area contributed by atoms with Crippen LogP contribution < -0.4 is 10.6 Å². The van der Waals surface area contributed by atoms with Crippen LogP contribution in [0.5, 0.6) is 0 Å². The molecule has 2 N–H and O–H groups in total. The molecule has 2 rings (SSSR count). The Hall–Kier alpha value is -2.77. The van der Waals surface area contributed by atoms with E-state index in [2.05, 4.69) is 20.8 Å². The van der Waals surface area contributed by atoms with Gasteiger partial charge in [-0.25, -0.2) is 4.39 Å². The van der Waals surface area contributed by atoms with Gasteiger partial charge in [0.1, 0.15) is 12.4 Å². The van der Waals surface area contributed by atoms with E-state index in [0.717, 1.165) is 5.56 Å². The fourth-order valence-electron chi connectivity index (χ4n) is 1.60. The van der Waals surface area contributed by atoms with Crippen LogP contribution in [0.15, 0.2) is 30.5 Å². The van der Waals surface area contributed by atoms with E-state index in [1.807, 2.05) is 0 Å². The predicted molar refractivity (Wildman–Crippen MR) is 72.6 cm³/mol. The summed E-state index contributed by atoms with van der Waals surface area (Å²) >= 11 is 0. The number of anilines is 1. The number of carbonyl (C=O) groups is 2. The average Bonchev–Trinajstić information content (AvgIpc) is 2.84. The molecule has 0 saturated carbocycles. The van der Waals surface area contributed by atoms with Crippen molar-refractivity contribution >= 4 is 17.6 Å². The van der Waals surface area contributed by atoms with Gasteiger partial charge in [0.15, 0.2) is 5.82 Å².